The van der Waals surface area contributed by atoms with E-state index in [1.807, 2.05) is 6.92 Å². The van der Waals surface area contributed by atoms with Crippen molar-refractivity contribution in [3.8, 4) is 0 Å². The lowest BCUT2D eigenvalue weighted by Gasteiger charge is -2.15. The minimum absolute atomic E-state index is 0.136. The Kier molecular flexibility index (Phi) is 10.5. The normalized spacial score (nSPS) is 12.4. The predicted octanol–water partition coefficient (Wildman–Crippen LogP) is 1.44. The summed E-state index contributed by atoms with van der Waals surface area (Å²) in [7, 11) is 1.65. The van der Waals surface area contributed by atoms with Crippen LogP contribution < -0.4 is 11.1 Å². The summed E-state index contributed by atoms with van der Waals surface area (Å²) < 4.78 is 5.02. The smallest absolute Gasteiger partial charge is 0.220 e. The van der Waals surface area contributed by atoms with E-state index in [2.05, 4.69) is 5.32 Å². The van der Waals surface area contributed by atoms with Crippen LogP contribution in [-0.4, -0.2) is 32.2 Å². The van der Waals surface area contributed by atoms with Crippen LogP contribution in [0.15, 0.2) is 0 Å². The fourth-order valence-electron chi connectivity index (χ4n) is 1.55. The van der Waals surface area contributed by atoms with E-state index in [-0.39, 0.29) is 11.9 Å². The summed E-state index contributed by atoms with van der Waals surface area (Å²) in [6, 6.07) is 0.154. The van der Waals surface area contributed by atoms with Gasteiger partial charge in [-0.2, -0.15) is 0 Å². The summed E-state index contributed by atoms with van der Waals surface area (Å²) in [5.74, 6) is 0.136. The third-order valence-corrected chi connectivity index (χ3v) is 2.58. The third kappa shape index (κ3) is 8.68. The van der Waals surface area contributed by atoms with Crippen molar-refractivity contribution in [2.24, 2.45) is 5.73 Å². The van der Waals surface area contributed by atoms with Crippen molar-refractivity contribution in [3.63, 3.8) is 0 Å². The van der Waals surface area contributed by atoms with Gasteiger partial charge in [0.1, 0.15) is 0 Å². The molecule has 1 amide bonds. The van der Waals surface area contributed by atoms with Gasteiger partial charge in [-0.15, -0.1) is 0 Å². The number of methoxy groups -OCH3 is 1. The van der Waals surface area contributed by atoms with Gasteiger partial charge in [0, 0.05) is 13.5 Å². The molecular formula is C12H26N2O2. The first-order valence-corrected chi connectivity index (χ1v) is 6.23. The second-order valence-corrected chi connectivity index (χ2v) is 4.08. The summed E-state index contributed by atoms with van der Waals surface area (Å²) in [5.41, 5.74) is 5.39. The highest BCUT2D eigenvalue weighted by Crippen LogP contribution is 2.02. The monoisotopic (exact) mass is 230 g/mol. The Morgan fingerprint density at radius 1 is 1.31 bits per heavy atom. The zero-order valence-corrected chi connectivity index (χ0v) is 10.6. The average molecular weight is 230 g/mol. The zero-order valence-electron chi connectivity index (χ0n) is 10.6. The first-order chi connectivity index (χ1) is 7.74. The lowest BCUT2D eigenvalue weighted by molar-refractivity contribution is -0.122. The lowest BCUT2D eigenvalue weighted by Crippen LogP contribution is -2.37. The van der Waals surface area contributed by atoms with Gasteiger partial charge in [-0.05, 0) is 25.8 Å². The van der Waals surface area contributed by atoms with Crippen LogP contribution in [0, 0.1) is 0 Å². The van der Waals surface area contributed by atoms with Crippen LogP contribution in [0.1, 0.15) is 45.4 Å². The van der Waals surface area contributed by atoms with Gasteiger partial charge in [0.15, 0.2) is 0 Å². The Bertz CT molecular complexity index is 174. The number of carbonyl (C=O) groups excluding carboxylic acids is 1. The number of amides is 1. The number of carbonyl (C=O) groups is 1. The zero-order chi connectivity index (χ0) is 12.2. The minimum atomic E-state index is 0.136. The maximum absolute atomic E-state index is 11.5. The molecule has 3 N–H and O–H groups in total. The Hall–Kier alpha value is -0.610. The molecule has 4 nitrogen and oxygen atoms in total. The minimum Gasteiger partial charge on any atom is -0.383 e. The molecule has 0 aromatic carbocycles. The van der Waals surface area contributed by atoms with Crippen molar-refractivity contribution in [1.29, 1.82) is 0 Å². The summed E-state index contributed by atoms with van der Waals surface area (Å²) in [5, 5.41) is 2.97. The Labute approximate surface area is 98.9 Å². The molecule has 1 atom stereocenters. The molecule has 0 rings (SSSR count). The Morgan fingerprint density at radius 3 is 2.56 bits per heavy atom. The summed E-state index contributed by atoms with van der Waals surface area (Å²) in [6.45, 7) is 3.39. The Balaban J connectivity index is 3.48. The molecule has 0 radical (unpaired) electrons. The van der Waals surface area contributed by atoms with Gasteiger partial charge in [0.2, 0.25) is 5.91 Å². The van der Waals surface area contributed by atoms with Crippen molar-refractivity contribution in [2.45, 2.75) is 51.5 Å². The van der Waals surface area contributed by atoms with Gasteiger partial charge in [-0.3, -0.25) is 4.79 Å². The topological polar surface area (TPSA) is 64.3 Å². The number of hydrogen-bond acceptors (Lipinski definition) is 3. The molecule has 0 spiro atoms. The predicted molar refractivity (Wildman–Crippen MR) is 66.2 cm³/mol. The van der Waals surface area contributed by atoms with Crippen LogP contribution in [0.25, 0.3) is 0 Å². The van der Waals surface area contributed by atoms with E-state index in [0.717, 1.165) is 38.6 Å². The first kappa shape index (κ1) is 15.4. The SMILES string of the molecule is CCC(COC)NC(=O)CCCCCCN. The molecule has 16 heavy (non-hydrogen) atoms. The van der Waals surface area contributed by atoms with E-state index in [4.69, 9.17) is 10.5 Å². The third-order valence-electron chi connectivity index (χ3n) is 2.58. The van der Waals surface area contributed by atoms with Gasteiger partial charge in [0.05, 0.1) is 12.6 Å². The molecule has 0 fully saturated rings. The largest absolute Gasteiger partial charge is 0.383 e. The van der Waals surface area contributed by atoms with Gasteiger partial charge < -0.3 is 15.8 Å². The van der Waals surface area contributed by atoms with Crippen molar-refractivity contribution in [1.82, 2.24) is 5.32 Å². The number of rotatable bonds is 10. The number of ether oxygens (including phenoxy) is 1. The van der Waals surface area contributed by atoms with E-state index in [9.17, 15) is 4.79 Å². The van der Waals surface area contributed by atoms with Crippen LogP contribution in [0.3, 0.4) is 0 Å². The van der Waals surface area contributed by atoms with Crippen LogP contribution in [-0.2, 0) is 9.53 Å². The molecule has 0 saturated carbocycles. The van der Waals surface area contributed by atoms with Crippen molar-refractivity contribution < 1.29 is 9.53 Å². The fourth-order valence-corrected chi connectivity index (χ4v) is 1.55. The van der Waals surface area contributed by atoms with E-state index in [1.165, 1.54) is 0 Å². The molecule has 0 aliphatic carbocycles. The molecule has 0 saturated heterocycles. The molecule has 0 aliphatic heterocycles. The number of nitrogens with two attached hydrogens (primary N) is 1. The lowest BCUT2D eigenvalue weighted by atomic mass is 10.1. The molecule has 4 heteroatoms. The highest BCUT2D eigenvalue weighted by atomic mass is 16.5. The van der Waals surface area contributed by atoms with Crippen LogP contribution in [0.5, 0.6) is 0 Å². The van der Waals surface area contributed by atoms with Crippen LogP contribution >= 0.6 is 0 Å². The van der Waals surface area contributed by atoms with Crippen molar-refractivity contribution in [3.05, 3.63) is 0 Å². The van der Waals surface area contributed by atoms with Crippen LogP contribution in [0.4, 0.5) is 0 Å². The van der Waals surface area contributed by atoms with Gasteiger partial charge in [-0.1, -0.05) is 19.8 Å². The average Bonchev–Trinajstić information content (AvgIpc) is 2.28. The maximum Gasteiger partial charge on any atom is 0.220 e. The van der Waals surface area contributed by atoms with Gasteiger partial charge >= 0.3 is 0 Å². The number of nitrogens with one attached hydrogen (secondary N) is 1. The number of hydrogen-bond donors (Lipinski definition) is 2. The van der Waals surface area contributed by atoms with Crippen molar-refractivity contribution >= 4 is 5.91 Å². The Morgan fingerprint density at radius 2 is 2.00 bits per heavy atom. The molecule has 0 aliphatic rings. The highest BCUT2D eigenvalue weighted by Gasteiger charge is 2.09. The van der Waals surface area contributed by atoms with Gasteiger partial charge in [0.25, 0.3) is 0 Å². The molecule has 0 aromatic heterocycles. The van der Waals surface area contributed by atoms with Crippen LogP contribution in [0.2, 0.25) is 0 Å². The van der Waals surface area contributed by atoms with E-state index in [0.29, 0.717) is 13.0 Å². The standard InChI is InChI=1S/C12H26N2O2/c1-3-11(10-16-2)14-12(15)8-6-4-5-7-9-13/h11H,3-10,13H2,1-2H3,(H,14,15). The van der Waals surface area contributed by atoms with Crippen molar-refractivity contribution in [2.75, 3.05) is 20.3 Å². The molecular weight excluding hydrogens is 204 g/mol. The molecule has 0 heterocycles. The van der Waals surface area contributed by atoms with E-state index >= 15 is 0 Å². The quantitative estimate of drug-likeness (QED) is 0.558. The molecule has 96 valence electrons. The van der Waals surface area contributed by atoms with Gasteiger partial charge in [-0.25, -0.2) is 0 Å². The number of unbranched alkanes of at least 4 members (excludes halogenated alkanes) is 3. The summed E-state index contributed by atoms with van der Waals surface area (Å²) in [4.78, 5) is 11.5. The summed E-state index contributed by atoms with van der Waals surface area (Å²) in [6.07, 6.45) is 5.75. The molecule has 1 unspecified atom stereocenters. The summed E-state index contributed by atoms with van der Waals surface area (Å²) >= 11 is 0. The van der Waals surface area contributed by atoms with E-state index in [1.54, 1.807) is 7.11 Å². The van der Waals surface area contributed by atoms with E-state index < -0.39 is 0 Å². The fraction of sp³-hybridized carbons (Fsp3) is 0.917. The molecule has 0 aromatic rings. The maximum atomic E-state index is 11.5. The second-order valence-electron chi connectivity index (χ2n) is 4.08. The first-order valence-electron chi connectivity index (χ1n) is 6.23. The second kappa shape index (κ2) is 10.9. The highest BCUT2D eigenvalue weighted by molar-refractivity contribution is 5.76. The molecule has 0 bridgehead atoms.